The second-order valence-electron chi connectivity index (χ2n) is 5.78. The molecule has 0 spiro atoms. The number of hydrogen-bond acceptors (Lipinski definition) is 1. The maximum Gasteiger partial charge on any atom is 0.416 e. The molecular formula is C15H20F3N. The molecule has 2 atom stereocenters. The lowest BCUT2D eigenvalue weighted by molar-refractivity contribution is -0.137. The Bertz CT molecular complexity index is 426. The van der Waals surface area contributed by atoms with Crippen LogP contribution in [0.5, 0.6) is 0 Å². The van der Waals surface area contributed by atoms with Crippen LogP contribution in [0.3, 0.4) is 0 Å². The lowest BCUT2D eigenvalue weighted by atomic mass is 10.1. The van der Waals surface area contributed by atoms with E-state index >= 15 is 0 Å². The summed E-state index contributed by atoms with van der Waals surface area (Å²) in [4.78, 5) is 0. The molecule has 1 aromatic carbocycles. The molecule has 0 radical (unpaired) electrons. The molecule has 1 N–H and O–H groups in total. The van der Waals surface area contributed by atoms with Crippen LogP contribution in [0.25, 0.3) is 0 Å². The maximum absolute atomic E-state index is 12.6. The van der Waals surface area contributed by atoms with Crippen LogP contribution in [0.1, 0.15) is 37.3 Å². The summed E-state index contributed by atoms with van der Waals surface area (Å²) in [6.45, 7) is 6.15. The van der Waals surface area contributed by atoms with Gasteiger partial charge in [0.05, 0.1) is 5.56 Å². The summed E-state index contributed by atoms with van der Waals surface area (Å²) in [5, 5.41) is 3.37. The Hall–Kier alpha value is -1.03. The van der Waals surface area contributed by atoms with Crippen molar-refractivity contribution in [3.05, 3.63) is 35.4 Å². The highest BCUT2D eigenvalue weighted by atomic mass is 19.4. The van der Waals surface area contributed by atoms with E-state index in [4.69, 9.17) is 0 Å². The Morgan fingerprint density at radius 3 is 2.68 bits per heavy atom. The molecule has 0 bridgehead atoms. The molecule has 0 heterocycles. The van der Waals surface area contributed by atoms with E-state index < -0.39 is 11.7 Å². The third-order valence-corrected chi connectivity index (χ3v) is 3.52. The van der Waals surface area contributed by atoms with Gasteiger partial charge >= 0.3 is 6.18 Å². The predicted molar refractivity (Wildman–Crippen MR) is 70.0 cm³/mol. The third kappa shape index (κ3) is 3.96. The molecule has 1 aliphatic rings. The van der Waals surface area contributed by atoms with E-state index in [2.05, 4.69) is 19.2 Å². The first-order valence-electron chi connectivity index (χ1n) is 6.76. The zero-order valence-corrected chi connectivity index (χ0v) is 11.3. The lowest BCUT2D eigenvalue weighted by Crippen LogP contribution is -2.22. The van der Waals surface area contributed by atoms with Gasteiger partial charge < -0.3 is 5.32 Å². The molecule has 0 amide bonds. The highest BCUT2D eigenvalue weighted by Crippen LogP contribution is 2.47. The van der Waals surface area contributed by atoms with E-state index in [1.807, 2.05) is 6.07 Å². The molecule has 2 unspecified atom stereocenters. The number of alkyl halides is 3. The largest absolute Gasteiger partial charge is 0.416 e. The number of benzene rings is 1. The molecule has 4 heteroatoms. The Labute approximate surface area is 112 Å². The van der Waals surface area contributed by atoms with Gasteiger partial charge in [-0.1, -0.05) is 32.0 Å². The van der Waals surface area contributed by atoms with Crippen molar-refractivity contribution in [3.63, 3.8) is 0 Å². The standard InChI is InChI=1S/C15H20F3N/c1-10(2)8-19-9-12-7-14(12)11-4-3-5-13(6-11)15(16,17)18/h3-6,10,12,14,19H,7-9H2,1-2H3. The van der Waals surface area contributed by atoms with Gasteiger partial charge in [-0.05, 0) is 48.9 Å². The van der Waals surface area contributed by atoms with Gasteiger partial charge in [0.2, 0.25) is 0 Å². The minimum Gasteiger partial charge on any atom is -0.316 e. The molecular weight excluding hydrogens is 251 g/mol. The number of rotatable bonds is 5. The third-order valence-electron chi connectivity index (χ3n) is 3.52. The highest BCUT2D eigenvalue weighted by molar-refractivity contribution is 5.32. The molecule has 19 heavy (non-hydrogen) atoms. The summed E-state index contributed by atoms with van der Waals surface area (Å²) in [7, 11) is 0. The summed E-state index contributed by atoms with van der Waals surface area (Å²) in [6, 6.07) is 5.75. The van der Waals surface area contributed by atoms with Crippen LogP contribution < -0.4 is 5.32 Å². The van der Waals surface area contributed by atoms with Crippen molar-refractivity contribution in [1.29, 1.82) is 0 Å². The first kappa shape index (κ1) is 14.4. The summed E-state index contributed by atoms with van der Waals surface area (Å²) < 4.78 is 37.9. The molecule has 1 saturated carbocycles. The summed E-state index contributed by atoms with van der Waals surface area (Å²) in [5.41, 5.74) is 0.289. The van der Waals surface area contributed by atoms with Crippen LogP contribution in [-0.4, -0.2) is 13.1 Å². The van der Waals surface area contributed by atoms with Crippen LogP contribution in [0.15, 0.2) is 24.3 Å². The first-order chi connectivity index (χ1) is 8.88. The first-order valence-corrected chi connectivity index (χ1v) is 6.76. The normalized spacial score (nSPS) is 22.8. The molecule has 1 nitrogen and oxygen atoms in total. The van der Waals surface area contributed by atoms with Gasteiger partial charge in [0.15, 0.2) is 0 Å². The van der Waals surface area contributed by atoms with Crippen molar-refractivity contribution < 1.29 is 13.2 Å². The van der Waals surface area contributed by atoms with E-state index in [1.165, 1.54) is 12.1 Å². The van der Waals surface area contributed by atoms with Gasteiger partial charge in [0.25, 0.3) is 0 Å². The van der Waals surface area contributed by atoms with Gasteiger partial charge in [-0.3, -0.25) is 0 Å². The van der Waals surface area contributed by atoms with Gasteiger partial charge in [-0.2, -0.15) is 13.2 Å². The molecule has 1 fully saturated rings. The molecule has 1 aromatic rings. The zero-order chi connectivity index (χ0) is 14.0. The molecule has 0 aliphatic heterocycles. The highest BCUT2D eigenvalue weighted by Gasteiger charge is 2.39. The fourth-order valence-corrected chi connectivity index (χ4v) is 2.38. The van der Waals surface area contributed by atoms with Crippen molar-refractivity contribution in [2.75, 3.05) is 13.1 Å². The van der Waals surface area contributed by atoms with Crippen LogP contribution in [0.2, 0.25) is 0 Å². The van der Waals surface area contributed by atoms with Crippen molar-refractivity contribution in [3.8, 4) is 0 Å². The summed E-state index contributed by atoms with van der Waals surface area (Å²) in [6.07, 6.45) is -3.25. The monoisotopic (exact) mass is 271 g/mol. The van der Waals surface area contributed by atoms with Gasteiger partial charge in [-0.15, -0.1) is 0 Å². The Morgan fingerprint density at radius 2 is 2.05 bits per heavy atom. The smallest absolute Gasteiger partial charge is 0.316 e. The van der Waals surface area contributed by atoms with E-state index in [1.54, 1.807) is 0 Å². The van der Waals surface area contributed by atoms with Gasteiger partial charge in [0.1, 0.15) is 0 Å². The Balaban J connectivity index is 1.91. The maximum atomic E-state index is 12.6. The van der Waals surface area contributed by atoms with Gasteiger partial charge in [0, 0.05) is 0 Å². The number of halogens is 3. The fraction of sp³-hybridized carbons (Fsp3) is 0.600. The Morgan fingerprint density at radius 1 is 1.32 bits per heavy atom. The quantitative estimate of drug-likeness (QED) is 0.851. The predicted octanol–water partition coefficient (Wildman–Crippen LogP) is 4.05. The Kier molecular flexibility index (Phi) is 4.19. The average molecular weight is 271 g/mol. The fourth-order valence-electron chi connectivity index (χ4n) is 2.38. The van der Waals surface area contributed by atoms with Gasteiger partial charge in [-0.25, -0.2) is 0 Å². The molecule has 1 aliphatic carbocycles. The number of hydrogen-bond donors (Lipinski definition) is 1. The average Bonchev–Trinajstić information content (AvgIpc) is 3.07. The van der Waals surface area contributed by atoms with Crippen molar-refractivity contribution in [1.82, 2.24) is 5.32 Å². The lowest BCUT2D eigenvalue weighted by Gasteiger charge is -2.09. The molecule has 106 valence electrons. The summed E-state index contributed by atoms with van der Waals surface area (Å²) in [5.74, 6) is 1.38. The SMILES string of the molecule is CC(C)CNCC1CC1c1cccc(C(F)(F)F)c1. The van der Waals surface area contributed by atoms with Crippen molar-refractivity contribution >= 4 is 0 Å². The van der Waals surface area contributed by atoms with Crippen molar-refractivity contribution in [2.24, 2.45) is 11.8 Å². The second-order valence-corrected chi connectivity index (χ2v) is 5.78. The van der Waals surface area contributed by atoms with E-state index in [-0.39, 0.29) is 0 Å². The van der Waals surface area contributed by atoms with E-state index in [0.717, 1.165) is 31.1 Å². The van der Waals surface area contributed by atoms with Crippen LogP contribution in [0, 0.1) is 11.8 Å². The van der Waals surface area contributed by atoms with Crippen LogP contribution >= 0.6 is 0 Å². The van der Waals surface area contributed by atoms with E-state index in [9.17, 15) is 13.2 Å². The molecule has 2 rings (SSSR count). The topological polar surface area (TPSA) is 12.0 Å². The van der Waals surface area contributed by atoms with Crippen LogP contribution in [-0.2, 0) is 6.18 Å². The molecule has 0 aromatic heterocycles. The summed E-state index contributed by atoms with van der Waals surface area (Å²) >= 11 is 0. The van der Waals surface area contributed by atoms with Crippen molar-refractivity contribution in [2.45, 2.75) is 32.4 Å². The molecule has 0 saturated heterocycles. The zero-order valence-electron chi connectivity index (χ0n) is 11.3. The minimum absolute atomic E-state index is 0.293. The van der Waals surface area contributed by atoms with Crippen LogP contribution in [0.4, 0.5) is 13.2 Å². The van der Waals surface area contributed by atoms with E-state index in [0.29, 0.717) is 17.8 Å². The second kappa shape index (κ2) is 5.53. The number of nitrogens with one attached hydrogen (secondary N) is 1. The minimum atomic E-state index is -4.24.